The molecule has 0 fully saturated rings. The fourth-order valence-electron chi connectivity index (χ4n) is 1.81. The van der Waals surface area contributed by atoms with E-state index in [9.17, 15) is 10.1 Å². The molecule has 6 nitrogen and oxygen atoms in total. The van der Waals surface area contributed by atoms with Crippen LogP contribution in [0.2, 0.25) is 5.15 Å². The van der Waals surface area contributed by atoms with Crippen molar-refractivity contribution in [2.45, 2.75) is 19.9 Å². The predicted octanol–water partition coefficient (Wildman–Crippen LogP) is 3.21. The SMILES string of the molecule is CCc1cccnc1CNc1cc([N+](=O)[O-])cc(Cl)n1. The van der Waals surface area contributed by atoms with Crippen molar-refractivity contribution in [2.75, 3.05) is 5.32 Å². The fourth-order valence-corrected chi connectivity index (χ4v) is 2.01. The van der Waals surface area contributed by atoms with Gasteiger partial charge >= 0.3 is 0 Å². The minimum Gasteiger partial charge on any atom is -0.364 e. The molecule has 0 aliphatic carbocycles. The van der Waals surface area contributed by atoms with Crippen molar-refractivity contribution >= 4 is 23.1 Å². The molecule has 20 heavy (non-hydrogen) atoms. The molecule has 0 atom stereocenters. The Morgan fingerprint density at radius 3 is 2.95 bits per heavy atom. The van der Waals surface area contributed by atoms with Gasteiger partial charge < -0.3 is 5.32 Å². The highest BCUT2D eigenvalue weighted by molar-refractivity contribution is 6.29. The Balaban J connectivity index is 2.16. The zero-order valence-electron chi connectivity index (χ0n) is 10.8. The van der Waals surface area contributed by atoms with E-state index in [0.717, 1.165) is 17.7 Å². The summed E-state index contributed by atoms with van der Waals surface area (Å²) in [6, 6.07) is 6.44. The fraction of sp³-hybridized carbons (Fsp3) is 0.231. The molecule has 0 saturated heterocycles. The Bertz CT molecular complexity index is 634. The van der Waals surface area contributed by atoms with Crippen LogP contribution in [0.1, 0.15) is 18.2 Å². The first kappa shape index (κ1) is 14.2. The van der Waals surface area contributed by atoms with E-state index in [1.807, 2.05) is 19.1 Å². The molecule has 0 aliphatic heterocycles. The molecule has 7 heteroatoms. The number of aryl methyl sites for hydroxylation is 1. The second kappa shape index (κ2) is 6.29. The van der Waals surface area contributed by atoms with E-state index in [-0.39, 0.29) is 10.8 Å². The smallest absolute Gasteiger partial charge is 0.276 e. The molecule has 0 unspecified atom stereocenters. The number of hydrogen-bond donors (Lipinski definition) is 1. The molecule has 0 spiro atoms. The van der Waals surface area contributed by atoms with E-state index < -0.39 is 4.92 Å². The zero-order valence-corrected chi connectivity index (χ0v) is 11.6. The number of nitro groups is 1. The van der Waals surface area contributed by atoms with Crippen molar-refractivity contribution in [3.63, 3.8) is 0 Å². The van der Waals surface area contributed by atoms with E-state index in [4.69, 9.17) is 11.6 Å². The second-order valence-electron chi connectivity index (χ2n) is 4.11. The first-order valence-corrected chi connectivity index (χ1v) is 6.46. The van der Waals surface area contributed by atoms with Gasteiger partial charge in [-0.15, -0.1) is 0 Å². The van der Waals surface area contributed by atoms with Gasteiger partial charge in [0.15, 0.2) is 0 Å². The lowest BCUT2D eigenvalue weighted by Gasteiger charge is -2.08. The van der Waals surface area contributed by atoms with Gasteiger partial charge in [-0.05, 0) is 18.1 Å². The minimum atomic E-state index is -0.503. The molecule has 2 aromatic heterocycles. The number of pyridine rings is 2. The third kappa shape index (κ3) is 3.42. The van der Waals surface area contributed by atoms with Crippen LogP contribution in [0.15, 0.2) is 30.5 Å². The van der Waals surface area contributed by atoms with Crippen molar-refractivity contribution in [1.29, 1.82) is 0 Å². The van der Waals surface area contributed by atoms with Crippen LogP contribution in [0.25, 0.3) is 0 Å². The standard InChI is InChI=1S/C13H13ClN4O2/c1-2-9-4-3-5-15-11(9)8-16-13-7-10(18(19)20)6-12(14)17-13/h3-7H,2,8H2,1H3,(H,16,17). The van der Waals surface area contributed by atoms with E-state index >= 15 is 0 Å². The quantitative estimate of drug-likeness (QED) is 0.520. The van der Waals surface area contributed by atoms with Gasteiger partial charge in [0.25, 0.3) is 5.69 Å². The Kier molecular flexibility index (Phi) is 4.47. The molecular weight excluding hydrogens is 280 g/mol. The van der Waals surface area contributed by atoms with Crippen LogP contribution in [-0.2, 0) is 13.0 Å². The molecular formula is C13H13ClN4O2. The van der Waals surface area contributed by atoms with Gasteiger partial charge in [-0.1, -0.05) is 24.6 Å². The molecule has 1 N–H and O–H groups in total. The number of aromatic nitrogens is 2. The molecule has 2 aromatic rings. The second-order valence-corrected chi connectivity index (χ2v) is 4.49. The summed E-state index contributed by atoms with van der Waals surface area (Å²) < 4.78 is 0. The average molecular weight is 293 g/mol. The van der Waals surface area contributed by atoms with Crippen molar-refractivity contribution in [3.05, 3.63) is 57.0 Å². The van der Waals surface area contributed by atoms with Gasteiger partial charge in [-0.25, -0.2) is 4.98 Å². The van der Waals surface area contributed by atoms with Crippen LogP contribution in [-0.4, -0.2) is 14.9 Å². The van der Waals surface area contributed by atoms with Crippen LogP contribution in [0, 0.1) is 10.1 Å². The maximum atomic E-state index is 10.8. The van der Waals surface area contributed by atoms with Crippen LogP contribution < -0.4 is 5.32 Å². The number of anilines is 1. The lowest BCUT2D eigenvalue weighted by atomic mass is 10.1. The first-order chi connectivity index (χ1) is 9.60. The van der Waals surface area contributed by atoms with Gasteiger partial charge in [-0.2, -0.15) is 0 Å². The Hall–Kier alpha value is -2.21. The summed E-state index contributed by atoms with van der Waals surface area (Å²) in [5.41, 5.74) is 1.92. The third-order valence-electron chi connectivity index (χ3n) is 2.79. The number of rotatable bonds is 5. The largest absolute Gasteiger partial charge is 0.364 e. The molecule has 0 amide bonds. The summed E-state index contributed by atoms with van der Waals surface area (Å²) >= 11 is 5.76. The molecule has 0 aliphatic rings. The Morgan fingerprint density at radius 2 is 2.25 bits per heavy atom. The van der Waals surface area contributed by atoms with E-state index in [1.54, 1.807) is 6.20 Å². The number of nitrogens with zero attached hydrogens (tertiary/aromatic N) is 3. The molecule has 0 bridgehead atoms. The van der Waals surface area contributed by atoms with Crippen LogP contribution in [0.5, 0.6) is 0 Å². The summed E-state index contributed by atoms with van der Waals surface area (Å²) in [5, 5.41) is 13.9. The van der Waals surface area contributed by atoms with Gasteiger partial charge in [0.2, 0.25) is 0 Å². The van der Waals surface area contributed by atoms with Crippen molar-refractivity contribution < 1.29 is 4.92 Å². The highest BCUT2D eigenvalue weighted by Gasteiger charge is 2.10. The molecule has 104 valence electrons. The molecule has 0 radical (unpaired) electrons. The van der Waals surface area contributed by atoms with Crippen LogP contribution in [0.4, 0.5) is 11.5 Å². The molecule has 2 rings (SSSR count). The van der Waals surface area contributed by atoms with E-state index in [1.165, 1.54) is 12.1 Å². The summed E-state index contributed by atoms with van der Waals surface area (Å²) in [4.78, 5) is 18.6. The summed E-state index contributed by atoms with van der Waals surface area (Å²) in [6.07, 6.45) is 2.58. The Morgan fingerprint density at radius 1 is 1.45 bits per heavy atom. The van der Waals surface area contributed by atoms with Gasteiger partial charge in [0.1, 0.15) is 11.0 Å². The highest BCUT2D eigenvalue weighted by Crippen LogP contribution is 2.21. The van der Waals surface area contributed by atoms with E-state index in [2.05, 4.69) is 15.3 Å². The van der Waals surface area contributed by atoms with Crippen molar-refractivity contribution in [2.24, 2.45) is 0 Å². The highest BCUT2D eigenvalue weighted by atomic mass is 35.5. The maximum absolute atomic E-state index is 10.8. The summed E-state index contributed by atoms with van der Waals surface area (Å²) in [5.74, 6) is 0.358. The number of hydrogen-bond acceptors (Lipinski definition) is 5. The minimum absolute atomic E-state index is 0.0819. The first-order valence-electron chi connectivity index (χ1n) is 6.08. The number of nitrogens with one attached hydrogen (secondary N) is 1. The van der Waals surface area contributed by atoms with Gasteiger partial charge in [0.05, 0.1) is 29.3 Å². The lowest BCUT2D eigenvalue weighted by Crippen LogP contribution is -2.06. The lowest BCUT2D eigenvalue weighted by molar-refractivity contribution is -0.384. The maximum Gasteiger partial charge on any atom is 0.276 e. The molecule has 2 heterocycles. The summed E-state index contributed by atoms with van der Waals surface area (Å²) in [7, 11) is 0. The van der Waals surface area contributed by atoms with Crippen molar-refractivity contribution in [3.8, 4) is 0 Å². The predicted molar refractivity (Wildman–Crippen MR) is 76.8 cm³/mol. The topological polar surface area (TPSA) is 81.0 Å². The monoisotopic (exact) mass is 292 g/mol. The van der Waals surface area contributed by atoms with E-state index in [0.29, 0.717) is 12.4 Å². The third-order valence-corrected chi connectivity index (χ3v) is 2.99. The Labute approximate surface area is 121 Å². The van der Waals surface area contributed by atoms with Crippen molar-refractivity contribution in [1.82, 2.24) is 9.97 Å². The van der Waals surface area contributed by atoms with Crippen LogP contribution in [0.3, 0.4) is 0 Å². The zero-order chi connectivity index (χ0) is 14.5. The summed E-state index contributed by atoms with van der Waals surface area (Å²) in [6.45, 7) is 2.48. The average Bonchev–Trinajstić information content (AvgIpc) is 2.44. The number of halogens is 1. The van der Waals surface area contributed by atoms with Crippen LogP contribution >= 0.6 is 11.6 Å². The molecule has 0 aromatic carbocycles. The van der Waals surface area contributed by atoms with Gasteiger partial charge in [0, 0.05) is 6.20 Å². The normalized spacial score (nSPS) is 10.3. The molecule has 0 saturated carbocycles. The van der Waals surface area contributed by atoms with Gasteiger partial charge in [-0.3, -0.25) is 15.1 Å².